The summed E-state index contributed by atoms with van der Waals surface area (Å²) in [5.74, 6) is 0. The van der Waals surface area contributed by atoms with Crippen LogP contribution in [0.25, 0.3) is 21.5 Å². The smallest absolute Gasteiger partial charge is 0.0240 e. The molecule has 0 saturated carbocycles. The molecule has 4 aromatic rings. The van der Waals surface area contributed by atoms with Crippen LogP contribution in [0.2, 0.25) is 0 Å². The fraction of sp³-hybridized carbons (Fsp3) is 0.333. The molecule has 2 saturated heterocycles. The quantitative estimate of drug-likeness (QED) is 0.478. The molecule has 0 aromatic heterocycles. The lowest BCUT2D eigenvalue weighted by atomic mass is 10.0. The molecule has 2 N–H and O–H groups in total. The first-order valence-corrected chi connectivity index (χ1v) is 12.7. The molecular weight excluding hydrogens is 416 g/mol. The number of hydrogen-bond donors (Lipinski definition) is 2. The normalized spacial score (nSPS) is 17.4. The number of nitrogens with one attached hydrogen (secondary N) is 2. The average molecular weight is 453 g/mol. The maximum absolute atomic E-state index is 3.40. The van der Waals surface area contributed by atoms with Gasteiger partial charge in [0.15, 0.2) is 0 Å². The van der Waals surface area contributed by atoms with Gasteiger partial charge in [-0.1, -0.05) is 84.9 Å². The minimum Gasteiger partial charge on any atom is -0.314 e. The molecule has 2 heterocycles. The van der Waals surface area contributed by atoms with Gasteiger partial charge in [-0.15, -0.1) is 0 Å². The number of fused-ring (bicyclic) bond motifs is 2. The summed E-state index contributed by atoms with van der Waals surface area (Å²) in [5, 5.41) is 12.3. The van der Waals surface area contributed by atoms with Gasteiger partial charge in [0.1, 0.15) is 0 Å². The van der Waals surface area contributed by atoms with E-state index in [-0.39, 0.29) is 0 Å². The van der Waals surface area contributed by atoms with E-state index in [1.807, 2.05) is 0 Å². The highest BCUT2D eigenvalue weighted by Gasteiger charge is 2.12. The number of hydrogen-bond acceptors (Lipinski definition) is 4. The average Bonchev–Trinajstić information content (AvgIpc) is 2.91. The molecule has 2 aliphatic heterocycles. The summed E-state index contributed by atoms with van der Waals surface area (Å²) in [4.78, 5) is 5.05. The molecule has 0 radical (unpaired) electrons. The van der Waals surface area contributed by atoms with Crippen LogP contribution in [-0.4, -0.2) is 62.2 Å². The Bertz CT molecular complexity index is 1090. The van der Waals surface area contributed by atoms with E-state index < -0.39 is 0 Å². The van der Waals surface area contributed by atoms with Gasteiger partial charge in [0.25, 0.3) is 0 Å². The van der Waals surface area contributed by atoms with Crippen molar-refractivity contribution >= 4 is 21.5 Å². The summed E-state index contributed by atoms with van der Waals surface area (Å²) < 4.78 is 0. The van der Waals surface area contributed by atoms with Gasteiger partial charge >= 0.3 is 0 Å². The van der Waals surface area contributed by atoms with Crippen molar-refractivity contribution in [3.05, 3.63) is 96.1 Å². The third-order valence-corrected chi connectivity index (χ3v) is 6.97. The Kier molecular flexibility index (Phi) is 7.84. The minimum atomic E-state index is 1.07. The molecule has 2 aliphatic rings. The summed E-state index contributed by atoms with van der Waals surface area (Å²) in [6.07, 6.45) is 0. The topological polar surface area (TPSA) is 30.5 Å². The first kappa shape index (κ1) is 23.0. The molecule has 0 aliphatic carbocycles. The molecule has 176 valence electrons. The Morgan fingerprint density at radius 2 is 0.853 bits per heavy atom. The van der Waals surface area contributed by atoms with Gasteiger partial charge in [0, 0.05) is 65.4 Å². The second-order valence-electron chi connectivity index (χ2n) is 9.33. The van der Waals surface area contributed by atoms with Crippen LogP contribution in [0, 0.1) is 0 Å². The summed E-state index contributed by atoms with van der Waals surface area (Å²) in [6, 6.07) is 30.5. The van der Waals surface area contributed by atoms with E-state index in [1.165, 1.54) is 32.7 Å². The Morgan fingerprint density at radius 1 is 0.471 bits per heavy atom. The molecule has 0 amide bonds. The van der Waals surface area contributed by atoms with Crippen molar-refractivity contribution < 1.29 is 0 Å². The third-order valence-electron chi connectivity index (χ3n) is 6.97. The highest BCUT2D eigenvalue weighted by atomic mass is 15.2. The van der Waals surface area contributed by atoms with Crippen molar-refractivity contribution in [1.29, 1.82) is 0 Å². The maximum Gasteiger partial charge on any atom is 0.0240 e. The van der Waals surface area contributed by atoms with Gasteiger partial charge in [-0.05, 0) is 32.7 Å². The molecule has 2 fully saturated rings. The Hall–Kier alpha value is -2.76. The maximum atomic E-state index is 3.40. The molecule has 0 bridgehead atoms. The molecule has 0 atom stereocenters. The Balaban J connectivity index is 0.000000142. The lowest BCUT2D eigenvalue weighted by Crippen LogP contribution is -2.42. The van der Waals surface area contributed by atoms with Crippen LogP contribution in [0.4, 0.5) is 0 Å². The zero-order chi connectivity index (χ0) is 23.0. The second kappa shape index (κ2) is 11.6. The van der Waals surface area contributed by atoms with E-state index in [1.54, 1.807) is 0 Å². The standard InChI is InChI=1S/2C15H18N2/c2*1-2-7-15-13(4-1)5-3-6-14(15)12-17-10-8-16-9-11-17/h2*1-7,16H,8-12H2. The van der Waals surface area contributed by atoms with Crippen molar-refractivity contribution in [1.82, 2.24) is 20.4 Å². The van der Waals surface area contributed by atoms with Gasteiger partial charge in [-0.25, -0.2) is 0 Å². The van der Waals surface area contributed by atoms with Gasteiger partial charge < -0.3 is 10.6 Å². The summed E-state index contributed by atoms with van der Waals surface area (Å²) in [5.41, 5.74) is 2.90. The molecule has 4 nitrogen and oxygen atoms in total. The first-order valence-electron chi connectivity index (χ1n) is 12.7. The monoisotopic (exact) mass is 452 g/mol. The predicted molar refractivity (Wildman–Crippen MR) is 144 cm³/mol. The molecule has 34 heavy (non-hydrogen) atoms. The van der Waals surface area contributed by atoms with E-state index in [2.05, 4.69) is 105 Å². The Labute approximate surface area is 203 Å². The molecular formula is C30H36N4. The zero-order valence-corrected chi connectivity index (χ0v) is 20.0. The molecule has 4 heteroatoms. The highest BCUT2D eigenvalue weighted by molar-refractivity contribution is 5.86. The highest BCUT2D eigenvalue weighted by Crippen LogP contribution is 2.21. The van der Waals surface area contributed by atoms with Gasteiger partial charge in [0.05, 0.1) is 0 Å². The van der Waals surface area contributed by atoms with Crippen LogP contribution in [0.1, 0.15) is 11.1 Å². The molecule has 4 aromatic carbocycles. The van der Waals surface area contributed by atoms with Crippen molar-refractivity contribution in [2.45, 2.75) is 13.1 Å². The van der Waals surface area contributed by atoms with E-state index in [0.717, 1.165) is 65.4 Å². The number of rotatable bonds is 4. The third kappa shape index (κ3) is 5.83. The van der Waals surface area contributed by atoms with Crippen molar-refractivity contribution in [2.24, 2.45) is 0 Å². The fourth-order valence-electron chi connectivity index (χ4n) is 5.08. The van der Waals surface area contributed by atoms with Crippen LogP contribution in [0.3, 0.4) is 0 Å². The lowest BCUT2D eigenvalue weighted by Gasteiger charge is -2.27. The fourth-order valence-corrected chi connectivity index (χ4v) is 5.08. The summed E-state index contributed by atoms with van der Waals surface area (Å²) in [6.45, 7) is 11.2. The minimum absolute atomic E-state index is 1.07. The number of benzene rings is 4. The Morgan fingerprint density at radius 3 is 1.29 bits per heavy atom. The van der Waals surface area contributed by atoms with Crippen LogP contribution >= 0.6 is 0 Å². The van der Waals surface area contributed by atoms with Crippen LogP contribution in [0.15, 0.2) is 84.9 Å². The number of nitrogens with zero attached hydrogens (tertiary/aromatic N) is 2. The molecule has 0 spiro atoms. The van der Waals surface area contributed by atoms with Crippen molar-refractivity contribution in [3.8, 4) is 0 Å². The van der Waals surface area contributed by atoms with Crippen LogP contribution in [-0.2, 0) is 13.1 Å². The van der Waals surface area contributed by atoms with E-state index in [0.29, 0.717) is 0 Å². The van der Waals surface area contributed by atoms with Crippen molar-refractivity contribution in [2.75, 3.05) is 52.4 Å². The van der Waals surface area contributed by atoms with Gasteiger partial charge in [0.2, 0.25) is 0 Å². The summed E-state index contributed by atoms with van der Waals surface area (Å²) in [7, 11) is 0. The largest absolute Gasteiger partial charge is 0.314 e. The zero-order valence-electron chi connectivity index (χ0n) is 20.0. The van der Waals surface area contributed by atoms with Crippen LogP contribution in [0.5, 0.6) is 0 Å². The SMILES string of the molecule is c1ccc2c(CN3CCNCC3)cccc2c1.c1ccc2c(CN3CCNCC3)cccc2c1. The van der Waals surface area contributed by atoms with Crippen LogP contribution < -0.4 is 10.6 Å². The van der Waals surface area contributed by atoms with E-state index >= 15 is 0 Å². The summed E-state index contributed by atoms with van der Waals surface area (Å²) >= 11 is 0. The molecule has 6 rings (SSSR count). The second-order valence-corrected chi connectivity index (χ2v) is 9.33. The van der Waals surface area contributed by atoms with Gasteiger partial charge in [-0.3, -0.25) is 9.80 Å². The lowest BCUT2D eigenvalue weighted by molar-refractivity contribution is 0.234. The number of piperazine rings is 2. The first-order chi connectivity index (χ1) is 16.9. The molecule has 0 unspecified atom stereocenters. The van der Waals surface area contributed by atoms with Gasteiger partial charge in [-0.2, -0.15) is 0 Å². The van der Waals surface area contributed by atoms with Crippen molar-refractivity contribution in [3.63, 3.8) is 0 Å². The van der Waals surface area contributed by atoms with E-state index in [9.17, 15) is 0 Å². The van der Waals surface area contributed by atoms with E-state index in [4.69, 9.17) is 0 Å². The predicted octanol–water partition coefficient (Wildman–Crippen LogP) is 4.49.